The fourth-order valence-corrected chi connectivity index (χ4v) is 1.71. The number of carbonyl (C=O) groups is 1. The number of aliphatic hydroxyl groups is 2. The summed E-state index contributed by atoms with van der Waals surface area (Å²) in [5.41, 5.74) is -0.489. The standard InChI is InChI=1S/C12H14BrN5O3/c1-12(6-19,7-20)14-11(21)10-15-17-18(16-10)9-4-2-8(13)3-5-9/h2-5,19-20H,6-7H2,1H3,(H,14,21). The van der Waals surface area contributed by atoms with Gasteiger partial charge < -0.3 is 15.5 Å². The number of aliphatic hydroxyl groups excluding tert-OH is 2. The molecule has 0 aliphatic rings. The molecule has 21 heavy (non-hydrogen) atoms. The van der Waals surface area contributed by atoms with Crippen LogP contribution < -0.4 is 5.32 Å². The molecule has 1 aromatic carbocycles. The van der Waals surface area contributed by atoms with E-state index in [0.717, 1.165) is 4.47 Å². The molecule has 0 spiro atoms. The summed E-state index contributed by atoms with van der Waals surface area (Å²) in [4.78, 5) is 13.2. The molecule has 0 atom stereocenters. The molecule has 0 bridgehead atoms. The van der Waals surface area contributed by atoms with Gasteiger partial charge in [-0.2, -0.15) is 0 Å². The summed E-state index contributed by atoms with van der Waals surface area (Å²) in [5.74, 6) is -0.769. The number of halogens is 1. The van der Waals surface area contributed by atoms with Crippen molar-refractivity contribution in [3.8, 4) is 5.69 Å². The summed E-state index contributed by atoms with van der Waals surface area (Å²) < 4.78 is 0.908. The lowest BCUT2D eigenvalue weighted by molar-refractivity contribution is 0.0714. The van der Waals surface area contributed by atoms with E-state index in [0.29, 0.717) is 5.69 Å². The molecule has 9 heteroatoms. The summed E-state index contributed by atoms with van der Waals surface area (Å²) in [6.45, 7) is 0.691. The number of hydrogen-bond donors (Lipinski definition) is 3. The topological polar surface area (TPSA) is 113 Å². The zero-order valence-corrected chi connectivity index (χ0v) is 12.8. The number of hydrogen-bond acceptors (Lipinski definition) is 6. The maximum atomic E-state index is 12.0. The third-order valence-electron chi connectivity index (χ3n) is 2.79. The molecule has 112 valence electrons. The van der Waals surface area contributed by atoms with Crippen molar-refractivity contribution < 1.29 is 15.0 Å². The van der Waals surface area contributed by atoms with E-state index in [9.17, 15) is 4.79 Å². The molecule has 0 saturated heterocycles. The van der Waals surface area contributed by atoms with Crippen molar-refractivity contribution in [1.82, 2.24) is 25.5 Å². The first-order chi connectivity index (χ1) is 9.97. The lowest BCUT2D eigenvalue weighted by atomic mass is 10.1. The Balaban J connectivity index is 2.16. The molecule has 0 radical (unpaired) electrons. The van der Waals surface area contributed by atoms with E-state index < -0.39 is 24.7 Å². The number of rotatable bonds is 5. The molecule has 2 rings (SSSR count). The van der Waals surface area contributed by atoms with Crippen LogP contribution >= 0.6 is 15.9 Å². The van der Waals surface area contributed by atoms with Gasteiger partial charge in [-0.25, -0.2) is 0 Å². The molecule has 0 aliphatic heterocycles. The summed E-state index contributed by atoms with van der Waals surface area (Å²) in [6, 6.07) is 7.15. The predicted molar refractivity (Wildman–Crippen MR) is 76.9 cm³/mol. The lowest BCUT2D eigenvalue weighted by Gasteiger charge is -2.25. The van der Waals surface area contributed by atoms with E-state index in [4.69, 9.17) is 10.2 Å². The van der Waals surface area contributed by atoms with Crippen molar-refractivity contribution in [3.05, 3.63) is 34.6 Å². The first-order valence-corrected chi connectivity index (χ1v) is 6.87. The van der Waals surface area contributed by atoms with Gasteiger partial charge in [-0.15, -0.1) is 15.0 Å². The average molecular weight is 356 g/mol. The zero-order chi connectivity index (χ0) is 15.5. The van der Waals surface area contributed by atoms with Gasteiger partial charge in [-0.05, 0) is 36.4 Å². The number of nitrogens with zero attached hydrogens (tertiary/aromatic N) is 4. The second-order valence-electron chi connectivity index (χ2n) is 4.71. The van der Waals surface area contributed by atoms with Crippen LogP contribution in [0.5, 0.6) is 0 Å². The minimum absolute atomic E-state index is 0.147. The highest BCUT2D eigenvalue weighted by molar-refractivity contribution is 9.10. The molecule has 8 nitrogen and oxygen atoms in total. The third kappa shape index (κ3) is 3.63. The molecule has 2 aromatic rings. The number of tetrazole rings is 1. The number of benzene rings is 1. The van der Waals surface area contributed by atoms with Crippen LogP contribution in [0.15, 0.2) is 28.7 Å². The Bertz CT molecular complexity index is 624. The Morgan fingerprint density at radius 3 is 2.52 bits per heavy atom. The minimum atomic E-state index is -1.14. The Labute approximate surface area is 128 Å². The second-order valence-corrected chi connectivity index (χ2v) is 5.63. The van der Waals surface area contributed by atoms with Crippen molar-refractivity contribution in [2.24, 2.45) is 0 Å². The Morgan fingerprint density at radius 2 is 1.95 bits per heavy atom. The van der Waals surface area contributed by atoms with E-state index in [2.05, 4.69) is 36.7 Å². The fourth-order valence-electron chi connectivity index (χ4n) is 1.45. The van der Waals surface area contributed by atoms with Crippen molar-refractivity contribution in [3.63, 3.8) is 0 Å². The lowest BCUT2D eigenvalue weighted by Crippen LogP contribution is -2.52. The summed E-state index contributed by atoms with van der Waals surface area (Å²) in [5, 5.41) is 32.2. The van der Waals surface area contributed by atoms with Gasteiger partial charge in [0.15, 0.2) is 0 Å². The van der Waals surface area contributed by atoms with Crippen molar-refractivity contribution in [1.29, 1.82) is 0 Å². The predicted octanol–water partition coefficient (Wildman–Crippen LogP) is -0.102. The van der Waals surface area contributed by atoms with Crippen LogP contribution in [0.2, 0.25) is 0 Å². The monoisotopic (exact) mass is 355 g/mol. The van der Waals surface area contributed by atoms with Crippen molar-refractivity contribution in [2.45, 2.75) is 12.5 Å². The van der Waals surface area contributed by atoms with E-state index in [1.807, 2.05) is 12.1 Å². The van der Waals surface area contributed by atoms with Crippen molar-refractivity contribution >= 4 is 21.8 Å². The van der Waals surface area contributed by atoms with Gasteiger partial charge in [0.2, 0.25) is 0 Å². The van der Waals surface area contributed by atoms with E-state index >= 15 is 0 Å². The number of nitrogens with one attached hydrogen (secondary N) is 1. The summed E-state index contributed by atoms with van der Waals surface area (Å²) in [6.07, 6.45) is 0. The molecule has 3 N–H and O–H groups in total. The van der Waals surface area contributed by atoms with Gasteiger partial charge in [0.25, 0.3) is 11.7 Å². The molecular weight excluding hydrogens is 342 g/mol. The van der Waals surface area contributed by atoms with Gasteiger partial charge in [0.05, 0.1) is 24.4 Å². The van der Waals surface area contributed by atoms with E-state index in [1.54, 1.807) is 12.1 Å². The SMILES string of the molecule is CC(CO)(CO)NC(=O)c1nnn(-c2ccc(Br)cc2)n1. The molecule has 1 heterocycles. The first-order valence-electron chi connectivity index (χ1n) is 6.07. The van der Waals surface area contributed by atoms with Crippen LogP contribution in [-0.4, -0.2) is 55.1 Å². The molecular formula is C12H14BrN5O3. The van der Waals surface area contributed by atoms with Crippen LogP contribution in [0, 0.1) is 0 Å². The maximum absolute atomic E-state index is 12.0. The van der Waals surface area contributed by atoms with Gasteiger partial charge in [0, 0.05) is 4.47 Å². The van der Waals surface area contributed by atoms with Crippen LogP contribution in [0.3, 0.4) is 0 Å². The molecule has 0 saturated carbocycles. The van der Waals surface area contributed by atoms with Crippen LogP contribution in [0.1, 0.15) is 17.5 Å². The summed E-state index contributed by atoms with van der Waals surface area (Å²) >= 11 is 3.32. The fraction of sp³-hybridized carbons (Fsp3) is 0.333. The Hall–Kier alpha value is -1.84. The highest BCUT2D eigenvalue weighted by atomic mass is 79.9. The normalized spacial score (nSPS) is 11.4. The molecule has 0 unspecified atom stereocenters. The molecule has 1 aromatic heterocycles. The largest absolute Gasteiger partial charge is 0.394 e. The van der Waals surface area contributed by atoms with Crippen LogP contribution in [0.4, 0.5) is 0 Å². The molecule has 0 aliphatic carbocycles. The Morgan fingerprint density at radius 1 is 1.33 bits per heavy atom. The van der Waals surface area contributed by atoms with Gasteiger partial charge >= 0.3 is 0 Å². The first kappa shape index (κ1) is 15.5. The van der Waals surface area contributed by atoms with Crippen LogP contribution in [0.25, 0.3) is 5.69 Å². The van der Waals surface area contributed by atoms with E-state index in [-0.39, 0.29) is 5.82 Å². The highest BCUT2D eigenvalue weighted by Crippen LogP contribution is 2.12. The number of carbonyl (C=O) groups excluding carboxylic acids is 1. The quantitative estimate of drug-likeness (QED) is 0.690. The number of aromatic nitrogens is 4. The van der Waals surface area contributed by atoms with Gasteiger partial charge in [-0.1, -0.05) is 15.9 Å². The zero-order valence-electron chi connectivity index (χ0n) is 11.2. The van der Waals surface area contributed by atoms with Crippen LogP contribution in [-0.2, 0) is 0 Å². The van der Waals surface area contributed by atoms with E-state index in [1.165, 1.54) is 11.7 Å². The second kappa shape index (κ2) is 6.29. The highest BCUT2D eigenvalue weighted by Gasteiger charge is 2.27. The smallest absolute Gasteiger partial charge is 0.293 e. The number of amides is 1. The maximum Gasteiger partial charge on any atom is 0.293 e. The summed E-state index contributed by atoms with van der Waals surface area (Å²) in [7, 11) is 0. The molecule has 1 amide bonds. The Kier molecular flexibility index (Phi) is 4.66. The average Bonchev–Trinajstić information content (AvgIpc) is 2.98. The van der Waals surface area contributed by atoms with Crippen molar-refractivity contribution in [2.75, 3.05) is 13.2 Å². The minimum Gasteiger partial charge on any atom is -0.394 e. The third-order valence-corrected chi connectivity index (χ3v) is 3.32. The van der Waals surface area contributed by atoms with Gasteiger partial charge in [0.1, 0.15) is 0 Å². The molecule has 0 fully saturated rings. The van der Waals surface area contributed by atoms with Gasteiger partial charge in [-0.3, -0.25) is 4.79 Å².